The number of ether oxygens (including phenoxy) is 1. The van der Waals surface area contributed by atoms with Crippen molar-refractivity contribution in [1.82, 2.24) is 0 Å². The van der Waals surface area contributed by atoms with Crippen LogP contribution in [0.25, 0.3) is 10.9 Å². The number of unbranched alkanes of at least 4 members (excludes halogenated alkanes) is 2. The van der Waals surface area contributed by atoms with E-state index < -0.39 is 6.10 Å². The largest absolute Gasteiger partial charge is 0.618 e. The number of carbonyl (C=O) groups excluding carboxylic acids is 2. The number of pyridine rings is 1. The maximum atomic E-state index is 13.5. The highest BCUT2D eigenvalue weighted by molar-refractivity contribution is 6.15. The smallest absolute Gasteiger partial charge is 0.303 e. The zero-order valence-corrected chi connectivity index (χ0v) is 16.8. The molecular weight excluding hydrogens is 366 g/mol. The van der Waals surface area contributed by atoms with Crippen LogP contribution in [-0.4, -0.2) is 11.8 Å². The first-order valence-corrected chi connectivity index (χ1v) is 9.94. The predicted molar refractivity (Wildman–Crippen MR) is 111 cm³/mol. The Hall–Kier alpha value is -3.21. The zero-order chi connectivity index (χ0) is 20.8. The van der Waals surface area contributed by atoms with E-state index in [9.17, 15) is 14.8 Å². The molecule has 0 aliphatic carbocycles. The van der Waals surface area contributed by atoms with Crippen molar-refractivity contribution >= 4 is 22.7 Å². The third kappa shape index (κ3) is 4.62. The summed E-state index contributed by atoms with van der Waals surface area (Å²) in [5.74, 6) is -0.633. The molecule has 0 saturated heterocycles. The molecule has 0 radical (unpaired) electrons. The fourth-order valence-corrected chi connectivity index (χ4v) is 3.61. The van der Waals surface area contributed by atoms with Crippen LogP contribution in [0, 0.1) is 5.21 Å². The molecule has 1 aromatic heterocycles. The molecule has 5 nitrogen and oxygen atoms in total. The van der Waals surface area contributed by atoms with Crippen molar-refractivity contribution in [1.29, 1.82) is 0 Å². The highest BCUT2D eigenvalue weighted by atomic mass is 16.5. The van der Waals surface area contributed by atoms with Gasteiger partial charge in [-0.05, 0) is 31.0 Å². The molecule has 3 aromatic rings. The van der Waals surface area contributed by atoms with E-state index in [-0.39, 0.29) is 11.8 Å². The molecule has 0 fully saturated rings. The van der Waals surface area contributed by atoms with Crippen LogP contribution in [0.3, 0.4) is 0 Å². The van der Waals surface area contributed by atoms with Crippen LogP contribution >= 0.6 is 0 Å². The SMILES string of the molecule is CCCCCC(OC(C)=O)c1ccccc1C(=O)c1cccc2ccc[n+]([O-])c12. The Morgan fingerprint density at radius 1 is 1.00 bits per heavy atom. The van der Waals surface area contributed by atoms with Gasteiger partial charge >= 0.3 is 5.97 Å². The third-order valence-corrected chi connectivity index (χ3v) is 4.96. The Kier molecular flexibility index (Phi) is 6.60. The van der Waals surface area contributed by atoms with E-state index in [1.165, 1.54) is 13.1 Å². The number of hydrogen-bond acceptors (Lipinski definition) is 4. The highest BCUT2D eigenvalue weighted by Crippen LogP contribution is 2.29. The van der Waals surface area contributed by atoms with Gasteiger partial charge in [0.2, 0.25) is 5.52 Å². The molecule has 0 spiro atoms. The monoisotopic (exact) mass is 391 g/mol. The molecule has 1 unspecified atom stereocenters. The molecule has 1 atom stereocenters. The number of nitrogens with zero attached hydrogens (tertiary/aromatic N) is 1. The fourth-order valence-electron chi connectivity index (χ4n) is 3.61. The standard InChI is InChI=1S/C24H25NO4/c1-3-4-5-15-22(29-17(2)26)19-12-6-7-13-20(19)24(27)21-14-8-10-18-11-9-16-25(28)23(18)21/h6-14,16,22H,3-5,15H2,1-2H3. The van der Waals surface area contributed by atoms with Gasteiger partial charge in [0.1, 0.15) is 6.10 Å². The molecule has 0 saturated carbocycles. The van der Waals surface area contributed by atoms with Crippen molar-refractivity contribution in [3.8, 4) is 0 Å². The molecule has 0 amide bonds. The van der Waals surface area contributed by atoms with E-state index in [0.29, 0.717) is 34.0 Å². The van der Waals surface area contributed by atoms with Gasteiger partial charge < -0.3 is 9.94 Å². The van der Waals surface area contributed by atoms with Gasteiger partial charge in [0.05, 0.1) is 5.56 Å². The average Bonchev–Trinajstić information content (AvgIpc) is 2.72. The summed E-state index contributed by atoms with van der Waals surface area (Å²) in [6, 6.07) is 15.9. The summed E-state index contributed by atoms with van der Waals surface area (Å²) in [5.41, 5.74) is 1.80. The maximum Gasteiger partial charge on any atom is 0.303 e. The van der Waals surface area contributed by atoms with Crippen molar-refractivity contribution in [3.63, 3.8) is 0 Å². The molecule has 3 rings (SSSR count). The van der Waals surface area contributed by atoms with Crippen LogP contribution in [0.1, 0.15) is 67.1 Å². The zero-order valence-electron chi connectivity index (χ0n) is 16.8. The molecular formula is C24H25NO4. The number of rotatable bonds is 8. The van der Waals surface area contributed by atoms with Crippen LogP contribution in [0.2, 0.25) is 0 Å². The van der Waals surface area contributed by atoms with E-state index in [4.69, 9.17) is 4.74 Å². The van der Waals surface area contributed by atoms with Gasteiger partial charge in [-0.1, -0.05) is 50.1 Å². The minimum absolute atomic E-state index is 0.255. The second-order valence-corrected chi connectivity index (χ2v) is 7.09. The maximum absolute atomic E-state index is 13.5. The van der Waals surface area contributed by atoms with Gasteiger partial charge in [0.15, 0.2) is 12.0 Å². The summed E-state index contributed by atoms with van der Waals surface area (Å²) in [6.45, 7) is 3.49. The van der Waals surface area contributed by atoms with Gasteiger partial charge in [0.25, 0.3) is 0 Å². The van der Waals surface area contributed by atoms with Gasteiger partial charge in [-0.2, -0.15) is 4.73 Å². The Balaban J connectivity index is 2.06. The summed E-state index contributed by atoms with van der Waals surface area (Å²) in [4.78, 5) is 25.1. The first kappa shape index (κ1) is 20.5. The van der Waals surface area contributed by atoms with E-state index in [2.05, 4.69) is 6.92 Å². The summed E-state index contributed by atoms with van der Waals surface area (Å²) < 4.78 is 6.28. The second kappa shape index (κ2) is 9.32. The van der Waals surface area contributed by atoms with E-state index in [1.807, 2.05) is 12.1 Å². The summed E-state index contributed by atoms with van der Waals surface area (Å²) in [5, 5.41) is 13.1. The highest BCUT2D eigenvalue weighted by Gasteiger charge is 2.25. The molecule has 29 heavy (non-hydrogen) atoms. The normalized spacial score (nSPS) is 11.9. The topological polar surface area (TPSA) is 70.3 Å². The van der Waals surface area contributed by atoms with Crippen molar-refractivity contribution in [2.45, 2.75) is 45.6 Å². The van der Waals surface area contributed by atoms with Crippen LogP contribution in [-0.2, 0) is 9.53 Å². The first-order valence-electron chi connectivity index (χ1n) is 9.94. The summed E-state index contributed by atoms with van der Waals surface area (Å²) in [7, 11) is 0. The van der Waals surface area contributed by atoms with Gasteiger partial charge in [-0.3, -0.25) is 9.59 Å². The molecule has 150 valence electrons. The average molecular weight is 391 g/mol. The van der Waals surface area contributed by atoms with Crippen molar-refractivity contribution in [2.24, 2.45) is 0 Å². The van der Waals surface area contributed by atoms with Gasteiger partial charge in [0, 0.05) is 29.5 Å². The molecule has 0 bridgehead atoms. The minimum Gasteiger partial charge on any atom is -0.618 e. The number of ketones is 1. The lowest BCUT2D eigenvalue weighted by molar-refractivity contribution is -0.577. The lowest BCUT2D eigenvalue weighted by atomic mass is 9.92. The molecule has 5 heteroatoms. The van der Waals surface area contributed by atoms with Gasteiger partial charge in [-0.25, -0.2) is 0 Å². The van der Waals surface area contributed by atoms with Crippen LogP contribution < -0.4 is 4.73 Å². The van der Waals surface area contributed by atoms with E-state index >= 15 is 0 Å². The Bertz CT molecular complexity index is 1020. The Labute approximate surface area is 170 Å². The minimum atomic E-state index is -0.492. The Morgan fingerprint density at radius 3 is 2.48 bits per heavy atom. The molecule has 1 heterocycles. The lowest BCUT2D eigenvalue weighted by Gasteiger charge is -2.20. The Morgan fingerprint density at radius 2 is 1.72 bits per heavy atom. The third-order valence-electron chi connectivity index (χ3n) is 4.96. The van der Waals surface area contributed by atoms with E-state index in [1.54, 1.807) is 42.5 Å². The van der Waals surface area contributed by atoms with Crippen LogP contribution in [0.5, 0.6) is 0 Å². The number of benzene rings is 2. The number of aromatic nitrogens is 1. The van der Waals surface area contributed by atoms with Crippen molar-refractivity contribution in [3.05, 3.63) is 82.7 Å². The number of carbonyl (C=O) groups is 2. The summed E-state index contributed by atoms with van der Waals surface area (Å²) in [6.07, 6.45) is 4.51. The molecule has 0 aliphatic heterocycles. The number of hydrogen-bond donors (Lipinski definition) is 0. The summed E-state index contributed by atoms with van der Waals surface area (Å²) >= 11 is 0. The quantitative estimate of drug-likeness (QED) is 0.180. The van der Waals surface area contributed by atoms with E-state index in [0.717, 1.165) is 24.0 Å². The van der Waals surface area contributed by atoms with Gasteiger partial charge in [-0.15, -0.1) is 0 Å². The molecule has 0 N–H and O–H groups in total. The number of esters is 1. The molecule has 2 aromatic carbocycles. The number of para-hydroxylation sites is 1. The second-order valence-electron chi connectivity index (χ2n) is 7.09. The van der Waals surface area contributed by atoms with Crippen LogP contribution in [0.4, 0.5) is 0 Å². The van der Waals surface area contributed by atoms with Crippen LogP contribution in [0.15, 0.2) is 60.8 Å². The lowest BCUT2D eigenvalue weighted by Crippen LogP contribution is -2.28. The fraction of sp³-hybridized carbons (Fsp3) is 0.292. The number of fused-ring (bicyclic) bond motifs is 1. The molecule has 0 aliphatic rings. The van der Waals surface area contributed by atoms with Crippen molar-refractivity contribution < 1.29 is 19.1 Å². The van der Waals surface area contributed by atoms with Crippen molar-refractivity contribution in [2.75, 3.05) is 0 Å². The first-order chi connectivity index (χ1) is 14.0. The predicted octanol–water partition coefficient (Wildman–Crippen LogP) is 4.89.